The smallest absolute Gasteiger partial charge is 0.143 e. The van der Waals surface area contributed by atoms with Crippen molar-refractivity contribution in [1.29, 1.82) is 0 Å². The van der Waals surface area contributed by atoms with E-state index in [4.69, 9.17) is 32.7 Å². The molecule has 0 unspecified atom stereocenters. The molecule has 3 aliphatic rings. The van der Waals surface area contributed by atoms with Crippen LogP contribution in [-0.4, -0.2) is 39.4 Å². The van der Waals surface area contributed by atoms with Crippen LogP contribution in [0.5, 0.6) is 11.5 Å². The second-order valence-electron chi connectivity index (χ2n) is 6.65. The normalized spacial score (nSPS) is 17.4. The molecule has 0 atom stereocenters. The Morgan fingerprint density at radius 2 is 1.44 bits per heavy atom. The van der Waals surface area contributed by atoms with Crippen molar-refractivity contribution in [2.75, 3.05) is 44.3 Å². The summed E-state index contributed by atoms with van der Waals surface area (Å²) in [5.74, 6) is 1.75. The van der Waals surface area contributed by atoms with E-state index in [0.29, 0.717) is 5.02 Å². The molecular weight excluding hydrogens is 451 g/mol. The zero-order valence-electron chi connectivity index (χ0n) is 14.9. The van der Waals surface area contributed by atoms with Gasteiger partial charge in [0.25, 0.3) is 0 Å². The Hall–Kier alpha value is -1.14. The fourth-order valence-electron chi connectivity index (χ4n) is 3.66. The molecule has 0 bridgehead atoms. The van der Waals surface area contributed by atoms with Crippen molar-refractivity contribution in [2.45, 2.75) is 12.8 Å². The van der Waals surface area contributed by atoms with E-state index in [-0.39, 0.29) is 0 Å². The molecule has 1 saturated heterocycles. The maximum Gasteiger partial charge on any atom is 0.143 e. The van der Waals surface area contributed by atoms with E-state index < -0.39 is 0 Å². The van der Waals surface area contributed by atoms with Crippen LogP contribution in [0, 0.1) is 0 Å². The van der Waals surface area contributed by atoms with Gasteiger partial charge in [-0.25, -0.2) is 0 Å². The van der Waals surface area contributed by atoms with Crippen LogP contribution in [0.4, 0.5) is 5.69 Å². The Labute approximate surface area is 177 Å². The summed E-state index contributed by atoms with van der Waals surface area (Å²) in [6, 6.07) is 7.87. The van der Waals surface area contributed by atoms with Crippen molar-refractivity contribution >= 4 is 44.8 Å². The van der Waals surface area contributed by atoms with Gasteiger partial charge in [-0.1, -0.05) is 39.1 Å². The first-order chi connectivity index (χ1) is 13.1. The predicted molar refractivity (Wildman–Crippen MR) is 114 cm³/mol. The molecular formula is C20H21BrCl2N2O2. The molecule has 27 heavy (non-hydrogen) atoms. The van der Waals surface area contributed by atoms with E-state index >= 15 is 0 Å². The predicted octanol–water partition coefficient (Wildman–Crippen LogP) is 4.72. The Bertz CT molecular complexity index is 812. The number of rotatable bonds is 1. The van der Waals surface area contributed by atoms with Crippen LogP contribution >= 0.6 is 39.1 Å². The van der Waals surface area contributed by atoms with Crippen LogP contribution in [0.3, 0.4) is 0 Å². The molecule has 0 saturated carbocycles. The van der Waals surface area contributed by atoms with Crippen molar-refractivity contribution in [3.05, 3.63) is 49.9 Å². The number of nitrogens with one attached hydrogen (secondary N) is 1. The third-order valence-corrected chi connectivity index (χ3v) is 6.34. The summed E-state index contributed by atoms with van der Waals surface area (Å²) in [6.45, 7) is 5.74. The average molecular weight is 472 g/mol. The molecule has 0 aromatic heterocycles. The van der Waals surface area contributed by atoms with Gasteiger partial charge < -0.3 is 19.7 Å². The van der Waals surface area contributed by atoms with Gasteiger partial charge >= 0.3 is 0 Å². The summed E-state index contributed by atoms with van der Waals surface area (Å²) in [4.78, 5) is 2.42. The molecule has 0 amide bonds. The first kappa shape index (κ1) is 19.2. The van der Waals surface area contributed by atoms with Gasteiger partial charge in [0.15, 0.2) is 0 Å². The standard InChI is InChI=1S/C12H15ClN2O.C8H6BrClO/c13-10-1-2-11(9-3-8-16-12(9)10)15-6-4-14-5-7-15;9-6-1-2-7(10)8-5(6)3-4-11-8/h1-2,14H,3-8H2;1-2H,3-4H2. The van der Waals surface area contributed by atoms with Gasteiger partial charge in [0, 0.05) is 60.3 Å². The van der Waals surface area contributed by atoms with Gasteiger partial charge in [0.2, 0.25) is 0 Å². The second-order valence-corrected chi connectivity index (χ2v) is 8.31. The maximum absolute atomic E-state index is 6.12. The molecule has 0 spiro atoms. The van der Waals surface area contributed by atoms with Crippen LogP contribution < -0.4 is 19.7 Å². The zero-order valence-corrected chi connectivity index (χ0v) is 18.0. The number of piperazine rings is 1. The van der Waals surface area contributed by atoms with Crippen LogP contribution in [0.2, 0.25) is 10.0 Å². The first-order valence-corrected chi connectivity index (χ1v) is 10.7. The molecule has 0 radical (unpaired) electrons. The van der Waals surface area contributed by atoms with E-state index in [1.807, 2.05) is 18.2 Å². The summed E-state index contributed by atoms with van der Waals surface area (Å²) in [5.41, 5.74) is 3.78. The number of fused-ring (bicyclic) bond motifs is 2. The fourth-order valence-corrected chi connectivity index (χ4v) is 4.64. The Kier molecular flexibility index (Phi) is 6.02. The molecule has 3 heterocycles. The van der Waals surface area contributed by atoms with E-state index in [1.54, 1.807) is 0 Å². The first-order valence-electron chi connectivity index (χ1n) is 9.14. The number of hydrogen-bond donors (Lipinski definition) is 1. The van der Waals surface area contributed by atoms with Crippen LogP contribution in [-0.2, 0) is 12.8 Å². The number of anilines is 1. The van der Waals surface area contributed by atoms with Crippen molar-refractivity contribution in [1.82, 2.24) is 5.32 Å². The second kappa shape index (κ2) is 8.48. The lowest BCUT2D eigenvalue weighted by Crippen LogP contribution is -2.43. The minimum Gasteiger partial charge on any atom is -0.491 e. The summed E-state index contributed by atoms with van der Waals surface area (Å²) in [7, 11) is 0. The van der Waals surface area contributed by atoms with Crippen molar-refractivity contribution < 1.29 is 9.47 Å². The highest BCUT2D eigenvalue weighted by Gasteiger charge is 2.23. The Morgan fingerprint density at radius 1 is 0.852 bits per heavy atom. The van der Waals surface area contributed by atoms with Crippen LogP contribution in [0.1, 0.15) is 11.1 Å². The molecule has 1 N–H and O–H groups in total. The van der Waals surface area contributed by atoms with Crippen molar-refractivity contribution in [2.24, 2.45) is 0 Å². The summed E-state index contributed by atoms with van der Waals surface area (Å²) in [5, 5.41) is 4.82. The number of hydrogen-bond acceptors (Lipinski definition) is 4. The molecule has 4 nitrogen and oxygen atoms in total. The molecule has 0 aliphatic carbocycles. The van der Waals surface area contributed by atoms with E-state index in [1.165, 1.54) is 16.8 Å². The van der Waals surface area contributed by atoms with Gasteiger partial charge in [0.1, 0.15) is 11.5 Å². The summed E-state index contributed by atoms with van der Waals surface area (Å²) in [6.07, 6.45) is 1.94. The summed E-state index contributed by atoms with van der Waals surface area (Å²) >= 11 is 15.5. The van der Waals surface area contributed by atoms with Crippen LogP contribution in [0.15, 0.2) is 28.7 Å². The molecule has 2 aromatic rings. The van der Waals surface area contributed by atoms with Crippen molar-refractivity contribution in [3.8, 4) is 11.5 Å². The SMILES string of the molecule is Clc1ccc(Br)c2c1OCC2.Clc1ccc(N2CCNCC2)c2c1OCC2. The number of nitrogens with zero attached hydrogens (tertiary/aromatic N) is 1. The fraction of sp³-hybridized carbons (Fsp3) is 0.400. The van der Waals surface area contributed by atoms with E-state index in [9.17, 15) is 0 Å². The molecule has 7 heteroatoms. The van der Waals surface area contributed by atoms with Gasteiger partial charge in [0.05, 0.1) is 23.3 Å². The van der Waals surface area contributed by atoms with Crippen LogP contribution in [0.25, 0.3) is 0 Å². The lowest BCUT2D eigenvalue weighted by Gasteiger charge is -2.30. The average Bonchev–Trinajstić information content (AvgIpc) is 3.37. The highest BCUT2D eigenvalue weighted by molar-refractivity contribution is 9.10. The number of benzene rings is 2. The van der Waals surface area contributed by atoms with E-state index in [2.05, 4.69) is 32.2 Å². The molecule has 5 rings (SSSR count). The largest absolute Gasteiger partial charge is 0.491 e. The third kappa shape index (κ3) is 4.02. The zero-order chi connectivity index (χ0) is 18.8. The van der Waals surface area contributed by atoms with Gasteiger partial charge in [-0.05, 0) is 24.3 Å². The maximum atomic E-state index is 6.12. The van der Waals surface area contributed by atoms with E-state index in [0.717, 1.165) is 73.2 Å². The molecule has 3 aliphatic heterocycles. The van der Waals surface area contributed by atoms with Gasteiger partial charge in [-0.3, -0.25) is 0 Å². The highest BCUT2D eigenvalue weighted by Crippen LogP contribution is 2.40. The lowest BCUT2D eigenvalue weighted by molar-refractivity contribution is 0.357. The van der Waals surface area contributed by atoms with Gasteiger partial charge in [-0.2, -0.15) is 0 Å². The third-order valence-electron chi connectivity index (χ3n) is 5.00. The highest BCUT2D eigenvalue weighted by atomic mass is 79.9. The number of ether oxygens (including phenoxy) is 2. The number of halogens is 3. The van der Waals surface area contributed by atoms with Crippen molar-refractivity contribution in [3.63, 3.8) is 0 Å². The minimum atomic E-state index is 0.709. The molecule has 144 valence electrons. The Morgan fingerprint density at radius 3 is 2.11 bits per heavy atom. The quantitative estimate of drug-likeness (QED) is 0.652. The minimum absolute atomic E-state index is 0.709. The molecule has 1 fully saturated rings. The molecule has 2 aromatic carbocycles. The van der Waals surface area contributed by atoms with Gasteiger partial charge in [-0.15, -0.1) is 0 Å². The lowest BCUT2D eigenvalue weighted by atomic mass is 10.1. The monoisotopic (exact) mass is 470 g/mol. The summed E-state index contributed by atoms with van der Waals surface area (Å²) < 4.78 is 12.0. The Balaban J connectivity index is 0.000000143. The topological polar surface area (TPSA) is 33.7 Å².